The fourth-order valence-electron chi connectivity index (χ4n) is 3.16. The topological polar surface area (TPSA) is 93.1 Å². The first kappa shape index (κ1) is 23.7. The van der Waals surface area contributed by atoms with Crippen LogP contribution in [0.1, 0.15) is 43.9 Å². The Labute approximate surface area is 189 Å². The molecule has 1 heterocycles. The molecule has 0 atom stereocenters. The van der Waals surface area contributed by atoms with Crippen LogP contribution in [0.5, 0.6) is 0 Å². The molecule has 170 valence electrons. The number of amides is 1. The van der Waals surface area contributed by atoms with Crippen LogP contribution in [0.15, 0.2) is 72.1 Å². The quantitative estimate of drug-likeness (QED) is 0.519. The van der Waals surface area contributed by atoms with E-state index in [9.17, 15) is 13.2 Å². The minimum Gasteiger partial charge on any atom is -0.352 e. The highest BCUT2D eigenvalue weighted by Gasteiger charge is 2.17. The third-order valence-corrected chi connectivity index (χ3v) is 6.59. The summed E-state index contributed by atoms with van der Waals surface area (Å²) < 4.78 is 29.4. The summed E-state index contributed by atoms with van der Waals surface area (Å²) in [7, 11) is -3.65. The van der Waals surface area contributed by atoms with Crippen molar-refractivity contribution in [3.8, 4) is 0 Å². The molecule has 1 aromatic heterocycles. The number of hydrogen-bond donors (Lipinski definition) is 2. The Kier molecular flexibility index (Phi) is 7.48. The molecular formula is C24H30N4O3S. The third-order valence-electron chi connectivity index (χ3n) is 5.11. The highest BCUT2D eigenvalue weighted by atomic mass is 32.2. The lowest BCUT2D eigenvalue weighted by molar-refractivity contribution is -0.121. The maximum Gasteiger partial charge on any atom is 0.240 e. The summed E-state index contributed by atoms with van der Waals surface area (Å²) in [4.78, 5) is 16.3. The fraction of sp³-hybridized carbons (Fsp3) is 0.333. The van der Waals surface area contributed by atoms with Crippen molar-refractivity contribution < 1.29 is 13.2 Å². The van der Waals surface area contributed by atoms with E-state index in [1.807, 2.05) is 47.2 Å². The van der Waals surface area contributed by atoms with Crippen molar-refractivity contribution in [3.05, 3.63) is 83.9 Å². The maximum atomic E-state index is 12.5. The van der Waals surface area contributed by atoms with Crippen LogP contribution in [-0.4, -0.2) is 30.4 Å². The number of rotatable bonds is 9. The van der Waals surface area contributed by atoms with E-state index in [2.05, 4.69) is 35.8 Å². The molecule has 0 fully saturated rings. The van der Waals surface area contributed by atoms with E-state index in [1.54, 1.807) is 24.7 Å². The Hall–Kier alpha value is -2.97. The molecule has 0 aliphatic heterocycles. The Balaban J connectivity index is 1.42. The van der Waals surface area contributed by atoms with Gasteiger partial charge >= 0.3 is 0 Å². The number of aromatic nitrogens is 2. The van der Waals surface area contributed by atoms with Gasteiger partial charge in [-0.1, -0.05) is 57.2 Å². The number of nitrogens with one attached hydrogen (secondary N) is 2. The molecule has 0 unspecified atom stereocenters. The van der Waals surface area contributed by atoms with E-state index in [0.717, 1.165) is 23.2 Å². The molecular weight excluding hydrogens is 424 g/mol. The second kappa shape index (κ2) is 10.1. The second-order valence-corrected chi connectivity index (χ2v) is 10.5. The number of carbonyl (C=O) groups is 1. The highest BCUT2D eigenvalue weighted by Crippen LogP contribution is 2.23. The van der Waals surface area contributed by atoms with Gasteiger partial charge in [-0.15, -0.1) is 0 Å². The van der Waals surface area contributed by atoms with Gasteiger partial charge in [-0.05, 0) is 34.2 Å². The van der Waals surface area contributed by atoms with Gasteiger partial charge in [-0.2, -0.15) is 0 Å². The zero-order chi connectivity index (χ0) is 23.2. The van der Waals surface area contributed by atoms with Gasteiger partial charge in [0.25, 0.3) is 0 Å². The fourth-order valence-corrected chi connectivity index (χ4v) is 4.19. The van der Waals surface area contributed by atoms with Gasteiger partial charge in [-0.3, -0.25) is 4.79 Å². The molecule has 1 amide bonds. The smallest absolute Gasteiger partial charge is 0.240 e. The molecule has 0 radical (unpaired) electrons. The summed E-state index contributed by atoms with van der Waals surface area (Å²) in [5, 5.41) is 2.83. The van der Waals surface area contributed by atoms with Crippen molar-refractivity contribution in [1.29, 1.82) is 0 Å². The van der Waals surface area contributed by atoms with Crippen molar-refractivity contribution in [1.82, 2.24) is 19.6 Å². The van der Waals surface area contributed by atoms with Crippen LogP contribution in [0.2, 0.25) is 0 Å². The molecule has 0 saturated heterocycles. The van der Waals surface area contributed by atoms with E-state index >= 15 is 0 Å². The first-order valence-electron chi connectivity index (χ1n) is 10.5. The minimum absolute atomic E-state index is 0.0407. The SMILES string of the molecule is CC(C)(C)c1ccc(S(=O)(=O)NCCC(=O)NCc2ccc(Cn3ccnc3)cc2)cc1. The van der Waals surface area contributed by atoms with Gasteiger partial charge in [0, 0.05) is 38.4 Å². The van der Waals surface area contributed by atoms with Crippen molar-refractivity contribution >= 4 is 15.9 Å². The predicted molar refractivity (Wildman–Crippen MR) is 125 cm³/mol. The number of carbonyl (C=O) groups excluding carboxylic acids is 1. The Morgan fingerprint density at radius 3 is 2.25 bits per heavy atom. The lowest BCUT2D eigenvalue weighted by Gasteiger charge is -2.19. The lowest BCUT2D eigenvalue weighted by Crippen LogP contribution is -2.30. The zero-order valence-electron chi connectivity index (χ0n) is 18.7. The van der Waals surface area contributed by atoms with Gasteiger partial charge in [-0.25, -0.2) is 18.1 Å². The van der Waals surface area contributed by atoms with Gasteiger partial charge in [0.2, 0.25) is 15.9 Å². The molecule has 0 saturated carbocycles. The first-order valence-corrected chi connectivity index (χ1v) is 12.0. The molecule has 3 rings (SSSR count). The van der Waals surface area contributed by atoms with E-state index in [4.69, 9.17) is 0 Å². The average molecular weight is 455 g/mol. The summed E-state index contributed by atoms with van der Waals surface area (Å²) in [5.41, 5.74) is 3.13. The molecule has 3 aromatic rings. The Morgan fingerprint density at radius 2 is 1.66 bits per heavy atom. The van der Waals surface area contributed by atoms with Gasteiger partial charge in [0.05, 0.1) is 11.2 Å². The standard InChI is InChI=1S/C24H30N4O3S/c1-24(2,3)21-8-10-22(11-9-21)32(30,31)27-13-12-23(29)26-16-19-4-6-20(7-5-19)17-28-15-14-25-18-28/h4-11,14-15,18,27H,12-13,16-17H2,1-3H3,(H,26,29). The predicted octanol–water partition coefficient (Wildman–Crippen LogP) is 3.21. The monoisotopic (exact) mass is 454 g/mol. The van der Waals surface area contributed by atoms with Crippen molar-refractivity contribution in [2.24, 2.45) is 0 Å². The second-order valence-electron chi connectivity index (χ2n) is 8.75. The Bertz CT molecular complexity index is 1120. The molecule has 0 aliphatic rings. The van der Waals surface area contributed by atoms with Crippen LogP contribution in [0, 0.1) is 0 Å². The molecule has 0 spiro atoms. The largest absolute Gasteiger partial charge is 0.352 e. The maximum absolute atomic E-state index is 12.5. The van der Waals surface area contributed by atoms with Gasteiger partial charge < -0.3 is 9.88 Å². The number of benzene rings is 2. The summed E-state index contributed by atoms with van der Waals surface area (Å²) in [6.45, 7) is 7.39. The van der Waals surface area contributed by atoms with E-state index in [0.29, 0.717) is 6.54 Å². The normalized spacial score (nSPS) is 12.0. The first-order chi connectivity index (χ1) is 15.1. The summed E-state index contributed by atoms with van der Waals surface area (Å²) in [6.07, 6.45) is 5.48. The molecule has 0 aliphatic carbocycles. The van der Waals surface area contributed by atoms with Gasteiger partial charge in [0.15, 0.2) is 0 Å². The minimum atomic E-state index is -3.65. The molecule has 0 bridgehead atoms. The zero-order valence-corrected chi connectivity index (χ0v) is 19.5. The highest BCUT2D eigenvalue weighted by molar-refractivity contribution is 7.89. The summed E-state index contributed by atoms with van der Waals surface area (Å²) >= 11 is 0. The molecule has 8 heteroatoms. The number of sulfonamides is 1. The van der Waals surface area contributed by atoms with Crippen molar-refractivity contribution in [3.63, 3.8) is 0 Å². The van der Waals surface area contributed by atoms with Crippen LogP contribution in [0.3, 0.4) is 0 Å². The van der Waals surface area contributed by atoms with Crippen LogP contribution in [-0.2, 0) is 33.3 Å². The molecule has 7 nitrogen and oxygen atoms in total. The van der Waals surface area contributed by atoms with Crippen LogP contribution < -0.4 is 10.0 Å². The lowest BCUT2D eigenvalue weighted by atomic mass is 9.87. The van der Waals surface area contributed by atoms with E-state index in [-0.39, 0.29) is 29.2 Å². The van der Waals surface area contributed by atoms with Gasteiger partial charge in [0.1, 0.15) is 0 Å². The van der Waals surface area contributed by atoms with Crippen molar-refractivity contribution in [2.75, 3.05) is 6.54 Å². The van der Waals surface area contributed by atoms with Crippen LogP contribution in [0.4, 0.5) is 0 Å². The van der Waals surface area contributed by atoms with Crippen molar-refractivity contribution in [2.45, 2.75) is 50.6 Å². The molecule has 2 N–H and O–H groups in total. The number of hydrogen-bond acceptors (Lipinski definition) is 4. The summed E-state index contributed by atoms with van der Waals surface area (Å²) in [5.74, 6) is -0.210. The Morgan fingerprint density at radius 1 is 1.00 bits per heavy atom. The van der Waals surface area contributed by atoms with E-state index in [1.165, 1.54) is 0 Å². The molecule has 2 aromatic carbocycles. The summed E-state index contributed by atoms with van der Waals surface area (Å²) in [6, 6.07) is 14.8. The molecule has 32 heavy (non-hydrogen) atoms. The van der Waals surface area contributed by atoms with Crippen LogP contribution >= 0.6 is 0 Å². The van der Waals surface area contributed by atoms with E-state index < -0.39 is 10.0 Å². The average Bonchev–Trinajstić information content (AvgIpc) is 3.26. The number of imidazole rings is 1. The third kappa shape index (κ3) is 6.77. The number of nitrogens with zero attached hydrogens (tertiary/aromatic N) is 2. The van der Waals surface area contributed by atoms with Crippen LogP contribution in [0.25, 0.3) is 0 Å².